The summed E-state index contributed by atoms with van der Waals surface area (Å²) in [6, 6.07) is 16.1. The standard InChI is InChI=1S/C24H28N2O5/c1-23(2,21(28)29)24(3,4)26-20(27)13-25-22(30)31-14-19-17-11-7-5-9-15(17)16-10-6-8-12-18(16)19/h5-12,19H,13-14H2,1-4H3,(H,25,30)(H,26,27)(H,28,29). The number of benzene rings is 2. The molecule has 7 nitrogen and oxygen atoms in total. The highest BCUT2D eigenvalue weighted by Gasteiger charge is 2.44. The van der Waals surface area contributed by atoms with Gasteiger partial charge in [0, 0.05) is 5.92 Å². The van der Waals surface area contributed by atoms with E-state index in [2.05, 4.69) is 22.8 Å². The lowest BCUT2D eigenvalue weighted by Gasteiger charge is -2.38. The molecular formula is C24H28N2O5. The fourth-order valence-electron chi connectivity index (χ4n) is 3.62. The van der Waals surface area contributed by atoms with E-state index in [4.69, 9.17) is 4.74 Å². The summed E-state index contributed by atoms with van der Waals surface area (Å²) in [7, 11) is 0. The van der Waals surface area contributed by atoms with Gasteiger partial charge < -0.3 is 20.5 Å². The Kier molecular flexibility index (Phi) is 6.06. The highest BCUT2D eigenvalue weighted by atomic mass is 16.5. The second-order valence-corrected chi connectivity index (χ2v) is 8.78. The molecule has 0 heterocycles. The zero-order valence-electron chi connectivity index (χ0n) is 18.2. The third kappa shape index (κ3) is 4.40. The number of aliphatic carboxylic acids is 1. The van der Waals surface area contributed by atoms with Gasteiger partial charge in [-0.2, -0.15) is 0 Å². The molecule has 31 heavy (non-hydrogen) atoms. The maximum Gasteiger partial charge on any atom is 0.407 e. The number of ether oxygens (including phenoxy) is 1. The molecule has 0 atom stereocenters. The molecule has 2 aromatic rings. The van der Waals surface area contributed by atoms with E-state index < -0.39 is 28.9 Å². The van der Waals surface area contributed by atoms with E-state index >= 15 is 0 Å². The molecule has 7 heteroatoms. The van der Waals surface area contributed by atoms with Gasteiger partial charge in [-0.1, -0.05) is 48.5 Å². The highest BCUT2D eigenvalue weighted by molar-refractivity contribution is 5.84. The fourth-order valence-corrected chi connectivity index (χ4v) is 3.62. The third-order valence-electron chi connectivity index (χ3n) is 6.29. The zero-order valence-corrected chi connectivity index (χ0v) is 18.2. The molecule has 0 aromatic heterocycles. The molecular weight excluding hydrogens is 396 g/mol. The fraction of sp³-hybridized carbons (Fsp3) is 0.375. The molecule has 0 saturated heterocycles. The first-order chi connectivity index (χ1) is 14.5. The quantitative estimate of drug-likeness (QED) is 0.631. The van der Waals surface area contributed by atoms with E-state index in [1.54, 1.807) is 13.8 Å². The van der Waals surface area contributed by atoms with Crippen molar-refractivity contribution in [3.8, 4) is 11.1 Å². The van der Waals surface area contributed by atoms with Crippen LogP contribution in [0.5, 0.6) is 0 Å². The van der Waals surface area contributed by atoms with E-state index in [9.17, 15) is 19.5 Å². The molecule has 2 aromatic carbocycles. The van der Waals surface area contributed by atoms with Crippen molar-refractivity contribution in [3.63, 3.8) is 0 Å². The number of hydrogen-bond donors (Lipinski definition) is 3. The SMILES string of the molecule is CC(C)(NC(=O)CNC(=O)OCC1c2ccccc2-c2ccccc21)C(C)(C)C(=O)O. The number of fused-ring (bicyclic) bond motifs is 3. The van der Waals surface area contributed by atoms with Crippen LogP contribution in [0.15, 0.2) is 48.5 Å². The van der Waals surface area contributed by atoms with Gasteiger partial charge in [0.15, 0.2) is 0 Å². The van der Waals surface area contributed by atoms with Gasteiger partial charge in [-0.25, -0.2) is 4.79 Å². The Morgan fingerprint density at radius 3 is 1.97 bits per heavy atom. The molecule has 3 N–H and O–H groups in total. The second kappa shape index (κ2) is 8.41. The van der Waals surface area contributed by atoms with Crippen LogP contribution in [0.2, 0.25) is 0 Å². The van der Waals surface area contributed by atoms with Crippen molar-refractivity contribution in [2.24, 2.45) is 5.41 Å². The molecule has 0 unspecified atom stereocenters. The van der Waals surface area contributed by atoms with Crippen LogP contribution < -0.4 is 10.6 Å². The number of hydrogen-bond acceptors (Lipinski definition) is 4. The van der Waals surface area contributed by atoms with Crippen molar-refractivity contribution in [2.75, 3.05) is 13.2 Å². The van der Waals surface area contributed by atoms with Crippen LogP contribution in [-0.2, 0) is 14.3 Å². The first kappa shape index (κ1) is 22.3. The summed E-state index contributed by atoms with van der Waals surface area (Å²) < 4.78 is 5.40. The normalized spacial score (nSPS) is 13.2. The predicted octanol–water partition coefficient (Wildman–Crippen LogP) is 3.53. The van der Waals surface area contributed by atoms with Crippen LogP contribution in [0.4, 0.5) is 4.79 Å². The maximum atomic E-state index is 12.2. The van der Waals surface area contributed by atoms with Crippen molar-refractivity contribution in [1.82, 2.24) is 10.6 Å². The summed E-state index contributed by atoms with van der Waals surface area (Å²) in [5.41, 5.74) is 2.27. The van der Waals surface area contributed by atoms with Gasteiger partial charge >= 0.3 is 12.1 Å². The summed E-state index contributed by atoms with van der Waals surface area (Å²) in [6.07, 6.45) is -0.702. The van der Waals surface area contributed by atoms with Gasteiger partial charge in [-0.3, -0.25) is 9.59 Å². The van der Waals surface area contributed by atoms with E-state index in [1.165, 1.54) is 13.8 Å². The smallest absolute Gasteiger partial charge is 0.407 e. The minimum Gasteiger partial charge on any atom is -0.481 e. The van der Waals surface area contributed by atoms with Crippen LogP contribution in [0.25, 0.3) is 11.1 Å². The van der Waals surface area contributed by atoms with E-state index in [-0.39, 0.29) is 19.1 Å². The van der Waals surface area contributed by atoms with Crippen LogP contribution in [0, 0.1) is 5.41 Å². The number of carbonyl (C=O) groups is 3. The molecule has 2 amide bonds. The third-order valence-corrected chi connectivity index (χ3v) is 6.29. The second-order valence-electron chi connectivity index (χ2n) is 8.78. The molecule has 0 spiro atoms. The monoisotopic (exact) mass is 424 g/mol. The van der Waals surface area contributed by atoms with Gasteiger partial charge in [0.05, 0.1) is 11.0 Å². The lowest BCUT2D eigenvalue weighted by atomic mass is 9.74. The van der Waals surface area contributed by atoms with Gasteiger partial charge in [0.2, 0.25) is 5.91 Å². The molecule has 0 radical (unpaired) electrons. The lowest BCUT2D eigenvalue weighted by Crippen LogP contribution is -2.58. The molecule has 0 fully saturated rings. The Bertz CT molecular complexity index is 967. The van der Waals surface area contributed by atoms with Gasteiger partial charge in [0.1, 0.15) is 13.2 Å². The Morgan fingerprint density at radius 2 is 1.45 bits per heavy atom. The zero-order chi connectivity index (χ0) is 22.8. The largest absolute Gasteiger partial charge is 0.481 e. The van der Waals surface area contributed by atoms with Gasteiger partial charge in [-0.05, 0) is 49.9 Å². The lowest BCUT2D eigenvalue weighted by molar-refractivity contribution is -0.151. The molecule has 1 aliphatic carbocycles. The first-order valence-corrected chi connectivity index (χ1v) is 10.2. The van der Waals surface area contributed by atoms with Crippen LogP contribution >= 0.6 is 0 Å². The number of nitrogens with one attached hydrogen (secondary N) is 2. The van der Waals surface area contributed by atoms with Crippen LogP contribution in [0.3, 0.4) is 0 Å². The number of rotatable bonds is 7. The summed E-state index contributed by atoms with van der Waals surface area (Å²) in [6.45, 7) is 6.18. The summed E-state index contributed by atoms with van der Waals surface area (Å²) in [4.78, 5) is 35.9. The summed E-state index contributed by atoms with van der Waals surface area (Å²) >= 11 is 0. The number of carbonyl (C=O) groups excluding carboxylic acids is 2. The summed E-state index contributed by atoms with van der Waals surface area (Å²) in [5, 5.41) is 14.5. The topological polar surface area (TPSA) is 105 Å². The van der Waals surface area contributed by atoms with Crippen molar-refractivity contribution < 1.29 is 24.2 Å². The van der Waals surface area contributed by atoms with Crippen molar-refractivity contribution in [2.45, 2.75) is 39.2 Å². The summed E-state index contributed by atoms with van der Waals surface area (Å²) in [5.74, 6) is -1.59. The molecule has 0 aliphatic heterocycles. The predicted molar refractivity (Wildman–Crippen MR) is 117 cm³/mol. The minimum absolute atomic E-state index is 0.0673. The van der Waals surface area contributed by atoms with E-state index in [1.807, 2.05) is 36.4 Å². The number of carboxylic acids is 1. The van der Waals surface area contributed by atoms with E-state index in [0.29, 0.717) is 0 Å². The Balaban J connectivity index is 1.56. The first-order valence-electron chi connectivity index (χ1n) is 10.2. The number of amides is 2. The van der Waals surface area contributed by atoms with Crippen LogP contribution in [-0.4, -0.2) is 41.8 Å². The van der Waals surface area contributed by atoms with Crippen molar-refractivity contribution in [1.29, 1.82) is 0 Å². The average Bonchev–Trinajstić information content (AvgIpc) is 3.04. The van der Waals surface area contributed by atoms with Crippen molar-refractivity contribution >= 4 is 18.0 Å². The Labute approximate surface area is 181 Å². The highest BCUT2D eigenvalue weighted by Crippen LogP contribution is 2.44. The molecule has 164 valence electrons. The van der Waals surface area contributed by atoms with Crippen molar-refractivity contribution in [3.05, 3.63) is 59.7 Å². The number of alkyl carbamates (subject to hydrolysis) is 1. The van der Waals surface area contributed by atoms with Gasteiger partial charge in [0.25, 0.3) is 0 Å². The molecule has 1 aliphatic rings. The van der Waals surface area contributed by atoms with E-state index in [0.717, 1.165) is 22.3 Å². The maximum absolute atomic E-state index is 12.2. The minimum atomic E-state index is -1.19. The molecule has 0 bridgehead atoms. The Hall–Kier alpha value is -3.35. The molecule has 0 saturated carbocycles. The average molecular weight is 424 g/mol. The van der Waals surface area contributed by atoms with Crippen LogP contribution in [0.1, 0.15) is 44.7 Å². The number of carboxylic acid groups (broad SMARTS) is 1. The molecule has 3 rings (SSSR count). The Morgan fingerprint density at radius 1 is 0.935 bits per heavy atom. The van der Waals surface area contributed by atoms with Gasteiger partial charge in [-0.15, -0.1) is 0 Å².